The van der Waals surface area contributed by atoms with Crippen LogP contribution in [0.25, 0.3) is 0 Å². The van der Waals surface area contributed by atoms with Gasteiger partial charge in [0, 0.05) is 17.3 Å². The molecule has 0 amide bonds. The predicted octanol–water partition coefficient (Wildman–Crippen LogP) is 0.436. The number of carboxylic acid groups (broad SMARTS) is 1. The molecule has 1 aliphatic rings. The molecule has 0 bridgehead atoms. The Morgan fingerprint density at radius 1 is 1.58 bits per heavy atom. The fourth-order valence-electron chi connectivity index (χ4n) is 1.64. The Morgan fingerprint density at radius 3 is 2.89 bits per heavy atom. The molecule has 2 rings (SSSR count). The van der Waals surface area contributed by atoms with Gasteiger partial charge in [-0.2, -0.15) is 0 Å². The van der Waals surface area contributed by atoms with Gasteiger partial charge >= 0.3 is 7.12 Å². The van der Waals surface area contributed by atoms with Gasteiger partial charge in [-0.1, -0.05) is 12.1 Å². The van der Waals surface area contributed by atoms with Crippen LogP contribution in [-0.4, -0.2) is 35.5 Å². The highest BCUT2D eigenvalue weighted by Crippen LogP contribution is 2.22. The first-order valence-electron chi connectivity index (χ1n) is 6.00. The Morgan fingerprint density at radius 2 is 2.26 bits per heavy atom. The van der Waals surface area contributed by atoms with Gasteiger partial charge in [-0.3, -0.25) is 4.79 Å². The topological polar surface area (TPSA) is 92.8 Å². The summed E-state index contributed by atoms with van der Waals surface area (Å²) in [5, 5.41) is 17.1. The summed E-state index contributed by atoms with van der Waals surface area (Å²) in [6.45, 7) is 2.31. The van der Waals surface area contributed by atoms with Crippen LogP contribution in [0.2, 0.25) is 0 Å². The van der Waals surface area contributed by atoms with E-state index in [1.54, 1.807) is 11.8 Å². The third kappa shape index (κ3) is 5.24. The van der Waals surface area contributed by atoms with Crippen molar-refractivity contribution in [3.63, 3.8) is 0 Å². The Bertz CT molecular complexity index is 426. The Balaban J connectivity index is 0.000000399. The zero-order chi connectivity index (χ0) is 14.3. The molecule has 0 saturated carbocycles. The van der Waals surface area contributed by atoms with Crippen LogP contribution in [0.5, 0.6) is 0 Å². The second-order valence-electron chi connectivity index (χ2n) is 4.00. The van der Waals surface area contributed by atoms with Crippen molar-refractivity contribution in [2.45, 2.75) is 24.8 Å². The fourth-order valence-corrected chi connectivity index (χ4v) is 2.73. The highest BCUT2D eigenvalue weighted by atomic mass is 32.2. The zero-order valence-corrected chi connectivity index (χ0v) is 11.7. The summed E-state index contributed by atoms with van der Waals surface area (Å²) in [4.78, 5) is 10.1. The number of hydrogen-bond donors (Lipinski definition) is 3. The molecule has 19 heavy (non-hydrogen) atoms. The molecule has 5 nitrogen and oxygen atoms in total. The van der Waals surface area contributed by atoms with Crippen LogP contribution in [0, 0.1) is 0 Å². The van der Waals surface area contributed by atoms with Gasteiger partial charge in [0.15, 0.2) is 0 Å². The Labute approximate surface area is 117 Å². The van der Waals surface area contributed by atoms with Gasteiger partial charge in [0.1, 0.15) is 0 Å². The molecule has 1 aromatic rings. The van der Waals surface area contributed by atoms with E-state index in [4.69, 9.17) is 20.3 Å². The van der Waals surface area contributed by atoms with E-state index >= 15 is 0 Å². The van der Waals surface area contributed by atoms with Crippen molar-refractivity contribution in [2.75, 3.05) is 12.3 Å². The number of hydrogen-bond acceptors (Lipinski definition) is 5. The minimum atomic E-state index is -0.833. The second kappa shape index (κ2) is 8.21. The van der Waals surface area contributed by atoms with Crippen molar-refractivity contribution in [3.05, 3.63) is 23.8 Å². The van der Waals surface area contributed by atoms with E-state index in [2.05, 4.69) is 0 Å². The molecule has 0 saturated heterocycles. The molecular weight excluding hydrogens is 265 g/mol. The normalized spacial score (nSPS) is 12.7. The van der Waals surface area contributed by atoms with Crippen molar-refractivity contribution in [1.29, 1.82) is 0 Å². The molecule has 0 spiro atoms. The third-order valence-corrected chi connectivity index (χ3v) is 3.57. The summed E-state index contributed by atoms with van der Waals surface area (Å²) in [6, 6.07) is 6.03. The van der Waals surface area contributed by atoms with Gasteiger partial charge in [-0.05, 0) is 30.3 Å². The number of rotatable bonds is 4. The van der Waals surface area contributed by atoms with Crippen LogP contribution in [0.4, 0.5) is 0 Å². The van der Waals surface area contributed by atoms with Crippen LogP contribution < -0.4 is 11.2 Å². The van der Waals surface area contributed by atoms with Crippen molar-refractivity contribution < 1.29 is 19.6 Å². The standard InChI is InChI=1S/C10H14BNO2S.C2H4O2/c12-5-2-6-15-9-4-1-3-8-7-14-11(13)10(8)9;1-2(3)4/h1,3-4,13H,2,5-7,12H2;1H3,(H,3,4). The minimum Gasteiger partial charge on any atom is -0.481 e. The summed E-state index contributed by atoms with van der Waals surface area (Å²) >= 11 is 1.73. The number of benzene rings is 1. The molecule has 7 heteroatoms. The van der Waals surface area contributed by atoms with Gasteiger partial charge in [0.05, 0.1) is 6.61 Å². The van der Waals surface area contributed by atoms with E-state index in [1.807, 2.05) is 18.2 Å². The van der Waals surface area contributed by atoms with Crippen molar-refractivity contribution in [1.82, 2.24) is 0 Å². The molecule has 4 N–H and O–H groups in total. The summed E-state index contributed by atoms with van der Waals surface area (Å²) in [5.74, 6) is 0.152. The summed E-state index contributed by atoms with van der Waals surface area (Å²) < 4.78 is 5.19. The molecule has 1 aromatic carbocycles. The molecule has 0 aliphatic carbocycles. The Hall–Kier alpha value is -1.02. The number of fused-ring (bicyclic) bond motifs is 1. The average Bonchev–Trinajstić information content (AvgIpc) is 2.72. The van der Waals surface area contributed by atoms with E-state index in [1.165, 1.54) is 0 Å². The number of carboxylic acids is 1. The Kier molecular flexibility index (Phi) is 6.94. The van der Waals surface area contributed by atoms with Crippen molar-refractivity contribution >= 4 is 30.3 Å². The number of thioether (sulfide) groups is 1. The zero-order valence-electron chi connectivity index (χ0n) is 10.8. The molecule has 0 atom stereocenters. The highest BCUT2D eigenvalue weighted by Gasteiger charge is 2.29. The molecule has 1 aliphatic heterocycles. The number of carbonyl (C=O) groups is 1. The van der Waals surface area contributed by atoms with Gasteiger partial charge in [-0.15, -0.1) is 11.8 Å². The summed E-state index contributed by atoms with van der Waals surface area (Å²) in [7, 11) is -0.749. The second-order valence-corrected chi connectivity index (χ2v) is 5.14. The SMILES string of the molecule is CC(=O)O.NCCCSc1cccc2c1B(O)OC2. The summed E-state index contributed by atoms with van der Waals surface area (Å²) in [6.07, 6.45) is 0.991. The summed E-state index contributed by atoms with van der Waals surface area (Å²) in [5.41, 5.74) is 7.49. The first-order chi connectivity index (χ1) is 9.06. The van der Waals surface area contributed by atoms with Crippen LogP contribution in [0.15, 0.2) is 23.1 Å². The lowest BCUT2D eigenvalue weighted by Crippen LogP contribution is -2.29. The van der Waals surface area contributed by atoms with E-state index in [-0.39, 0.29) is 0 Å². The third-order valence-electron chi connectivity index (χ3n) is 2.41. The van der Waals surface area contributed by atoms with Crippen molar-refractivity contribution in [3.8, 4) is 0 Å². The largest absolute Gasteiger partial charge is 0.492 e. The molecular formula is C12H18BNO4S. The first kappa shape index (κ1) is 16.0. The van der Waals surface area contributed by atoms with Crippen molar-refractivity contribution in [2.24, 2.45) is 5.73 Å². The van der Waals surface area contributed by atoms with Crippen LogP contribution >= 0.6 is 11.8 Å². The maximum atomic E-state index is 9.66. The van der Waals surface area contributed by atoms with Gasteiger partial charge in [0.2, 0.25) is 0 Å². The molecule has 0 radical (unpaired) electrons. The number of nitrogens with two attached hydrogens (primary N) is 1. The van der Waals surface area contributed by atoms with Gasteiger partial charge in [0.25, 0.3) is 5.97 Å². The van der Waals surface area contributed by atoms with E-state index in [0.29, 0.717) is 13.2 Å². The lowest BCUT2D eigenvalue weighted by Gasteiger charge is -2.07. The lowest BCUT2D eigenvalue weighted by atomic mass is 9.79. The first-order valence-corrected chi connectivity index (χ1v) is 6.98. The monoisotopic (exact) mass is 283 g/mol. The molecule has 0 aromatic heterocycles. The van der Waals surface area contributed by atoms with E-state index < -0.39 is 13.1 Å². The molecule has 1 heterocycles. The maximum Gasteiger partial charge on any atom is 0.492 e. The number of aliphatic carboxylic acids is 1. The van der Waals surface area contributed by atoms with Crippen LogP contribution in [0.3, 0.4) is 0 Å². The van der Waals surface area contributed by atoms with Crippen LogP contribution in [-0.2, 0) is 16.1 Å². The minimum absolute atomic E-state index is 0.516. The van der Waals surface area contributed by atoms with E-state index in [9.17, 15) is 5.02 Å². The smallest absolute Gasteiger partial charge is 0.481 e. The van der Waals surface area contributed by atoms with E-state index in [0.717, 1.165) is 35.0 Å². The highest BCUT2D eigenvalue weighted by molar-refractivity contribution is 7.99. The van der Waals surface area contributed by atoms with Gasteiger partial charge < -0.3 is 20.5 Å². The molecule has 0 unspecified atom stereocenters. The lowest BCUT2D eigenvalue weighted by molar-refractivity contribution is -0.134. The predicted molar refractivity (Wildman–Crippen MR) is 76.5 cm³/mol. The molecule has 104 valence electrons. The average molecular weight is 283 g/mol. The fraction of sp³-hybridized carbons (Fsp3) is 0.417. The molecule has 0 fully saturated rings. The van der Waals surface area contributed by atoms with Gasteiger partial charge in [-0.25, -0.2) is 0 Å². The van der Waals surface area contributed by atoms with Crippen LogP contribution in [0.1, 0.15) is 18.9 Å². The quantitative estimate of drug-likeness (QED) is 0.422. The maximum absolute atomic E-state index is 9.66.